The smallest absolute Gasteiger partial charge is 0.250 e. The minimum atomic E-state index is -0.640. The molecule has 0 aromatic carbocycles. The monoisotopic (exact) mass is 145 g/mol. The fourth-order valence-electron chi connectivity index (χ4n) is 0.586. The number of rotatable bonds is 4. The number of hydrogen-bond donors (Lipinski definition) is 2. The molecule has 10 heavy (non-hydrogen) atoms. The molecule has 0 rings (SSSR count). The summed E-state index contributed by atoms with van der Waals surface area (Å²) in [5.74, 6) is -0.785. The number of ketones is 1. The van der Waals surface area contributed by atoms with E-state index in [1.54, 1.807) is 0 Å². The van der Waals surface area contributed by atoms with Crippen LogP contribution in [-0.2, 0) is 9.59 Å². The lowest BCUT2D eigenvalue weighted by molar-refractivity contribution is -0.133. The zero-order valence-electron chi connectivity index (χ0n) is 5.89. The van der Waals surface area contributed by atoms with E-state index in [-0.39, 0.29) is 12.2 Å². The molecule has 0 fully saturated rings. The van der Waals surface area contributed by atoms with Crippen LogP contribution in [0.25, 0.3) is 0 Å². The standard InChI is InChI=1S/C6H11NO3/c1-2-3-5(8)4-6(9)7-10/h10H,2-4H2,1H3,(H,7,9). The van der Waals surface area contributed by atoms with Crippen molar-refractivity contribution in [1.82, 2.24) is 5.48 Å². The topological polar surface area (TPSA) is 66.4 Å². The van der Waals surface area contributed by atoms with Gasteiger partial charge in [-0.2, -0.15) is 0 Å². The van der Waals surface area contributed by atoms with Crippen LogP contribution in [0.1, 0.15) is 26.2 Å². The Labute approximate surface area is 59.2 Å². The molecule has 0 radical (unpaired) electrons. The first kappa shape index (κ1) is 9.10. The highest BCUT2D eigenvalue weighted by Crippen LogP contribution is 1.92. The van der Waals surface area contributed by atoms with Crippen LogP contribution in [0.4, 0.5) is 0 Å². The molecule has 0 spiro atoms. The number of amides is 1. The van der Waals surface area contributed by atoms with Crippen molar-refractivity contribution < 1.29 is 14.8 Å². The van der Waals surface area contributed by atoms with Crippen LogP contribution in [0.2, 0.25) is 0 Å². The van der Waals surface area contributed by atoms with E-state index >= 15 is 0 Å². The van der Waals surface area contributed by atoms with Gasteiger partial charge in [-0.15, -0.1) is 0 Å². The maximum absolute atomic E-state index is 10.6. The van der Waals surface area contributed by atoms with E-state index in [2.05, 4.69) is 0 Å². The van der Waals surface area contributed by atoms with E-state index in [0.717, 1.165) is 6.42 Å². The van der Waals surface area contributed by atoms with Crippen molar-refractivity contribution in [2.24, 2.45) is 0 Å². The predicted molar refractivity (Wildman–Crippen MR) is 34.5 cm³/mol. The molecule has 0 aliphatic rings. The first-order valence-corrected chi connectivity index (χ1v) is 3.15. The molecule has 0 bridgehead atoms. The average molecular weight is 145 g/mol. The summed E-state index contributed by atoms with van der Waals surface area (Å²) in [5, 5.41) is 8.00. The lowest BCUT2D eigenvalue weighted by atomic mass is 10.2. The third-order valence-corrected chi connectivity index (χ3v) is 1.01. The second-order valence-corrected chi connectivity index (χ2v) is 2.00. The normalized spacial score (nSPS) is 9.00. The van der Waals surface area contributed by atoms with E-state index in [0.29, 0.717) is 6.42 Å². The molecule has 0 aromatic rings. The minimum absolute atomic E-state index is 0.144. The Hall–Kier alpha value is -0.900. The minimum Gasteiger partial charge on any atom is -0.299 e. The molecular weight excluding hydrogens is 134 g/mol. The van der Waals surface area contributed by atoms with Gasteiger partial charge in [0.1, 0.15) is 5.78 Å². The summed E-state index contributed by atoms with van der Waals surface area (Å²) in [4.78, 5) is 21.0. The van der Waals surface area contributed by atoms with Gasteiger partial charge >= 0.3 is 0 Å². The van der Waals surface area contributed by atoms with Crippen LogP contribution in [0.5, 0.6) is 0 Å². The maximum Gasteiger partial charge on any atom is 0.250 e. The number of carbonyl (C=O) groups excluding carboxylic acids is 2. The average Bonchev–Trinajstić information content (AvgIpc) is 1.88. The lowest BCUT2D eigenvalue weighted by Gasteiger charge is -1.95. The molecule has 2 N–H and O–H groups in total. The summed E-state index contributed by atoms with van der Waals surface area (Å²) >= 11 is 0. The molecular formula is C6H11NO3. The third kappa shape index (κ3) is 4.03. The van der Waals surface area contributed by atoms with E-state index in [4.69, 9.17) is 5.21 Å². The van der Waals surface area contributed by atoms with Crippen molar-refractivity contribution in [1.29, 1.82) is 0 Å². The Morgan fingerprint density at radius 3 is 2.50 bits per heavy atom. The highest BCUT2D eigenvalue weighted by atomic mass is 16.5. The predicted octanol–water partition coefficient (Wildman–Crippen LogP) is 0.251. The molecule has 0 saturated carbocycles. The summed E-state index contributed by atoms with van der Waals surface area (Å²) in [6.07, 6.45) is 0.912. The Morgan fingerprint density at radius 2 is 2.10 bits per heavy atom. The maximum atomic E-state index is 10.6. The van der Waals surface area contributed by atoms with Gasteiger partial charge in [-0.25, -0.2) is 5.48 Å². The molecule has 0 aliphatic heterocycles. The fraction of sp³-hybridized carbons (Fsp3) is 0.667. The zero-order valence-corrected chi connectivity index (χ0v) is 5.89. The summed E-state index contributed by atoms with van der Waals surface area (Å²) in [6.45, 7) is 1.86. The van der Waals surface area contributed by atoms with Gasteiger partial charge in [-0.3, -0.25) is 14.8 Å². The van der Waals surface area contributed by atoms with Crippen molar-refractivity contribution in [2.75, 3.05) is 0 Å². The molecule has 4 heteroatoms. The largest absolute Gasteiger partial charge is 0.299 e. The lowest BCUT2D eigenvalue weighted by Crippen LogP contribution is -2.21. The van der Waals surface area contributed by atoms with Crippen LogP contribution < -0.4 is 5.48 Å². The third-order valence-electron chi connectivity index (χ3n) is 1.01. The molecule has 0 unspecified atom stereocenters. The van der Waals surface area contributed by atoms with Crippen molar-refractivity contribution in [2.45, 2.75) is 26.2 Å². The second-order valence-electron chi connectivity index (χ2n) is 2.00. The van der Waals surface area contributed by atoms with Gasteiger partial charge < -0.3 is 0 Å². The van der Waals surface area contributed by atoms with Crippen LogP contribution in [0.15, 0.2) is 0 Å². The van der Waals surface area contributed by atoms with Gasteiger partial charge in [0.2, 0.25) is 0 Å². The summed E-state index contributed by atoms with van der Waals surface area (Å²) < 4.78 is 0. The summed E-state index contributed by atoms with van der Waals surface area (Å²) in [6, 6.07) is 0. The number of nitrogens with one attached hydrogen (secondary N) is 1. The quantitative estimate of drug-likeness (QED) is 0.338. The van der Waals surface area contributed by atoms with E-state index < -0.39 is 5.91 Å². The van der Waals surface area contributed by atoms with Gasteiger partial charge in [0.15, 0.2) is 0 Å². The van der Waals surface area contributed by atoms with Crippen molar-refractivity contribution in [3.8, 4) is 0 Å². The van der Waals surface area contributed by atoms with Gasteiger partial charge in [0, 0.05) is 6.42 Å². The number of Topliss-reactive ketones (excluding diaryl/α,β-unsaturated/α-hetero) is 1. The van der Waals surface area contributed by atoms with Crippen molar-refractivity contribution in [3.63, 3.8) is 0 Å². The number of hydroxylamine groups is 1. The summed E-state index contributed by atoms with van der Waals surface area (Å²) in [5.41, 5.74) is 1.39. The second kappa shape index (κ2) is 4.93. The molecule has 0 heterocycles. The highest BCUT2D eigenvalue weighted by Gasteiger charge is 2.05. The molecule has 0 aromatic heterocycles. The Morgan fingerprint density at radius 1 is 1.50 bits per heavy atom. The van der Waals surface area contributed by atoms with Crippen molar-refractivity contribution in [3.05, 3.63) is 0 Å². The Balaban J connectivity index is 3.47. The summed E-state index contributed by atoms with van der Waals surface area (Å²) in [7, 11) is 0. The fourth-order valence-corrected chi connectivity index (χ4v) is 0.586. The van der Waals surface area contributed by atoms with Crippen LogP contribution in [0.3, 0.4) is 0 Å². The zero-order chi connectivity index (χ0) is 7.98. The molecule has 0 atom stereocenters. The van der Waals surface area contributed by atoms with E-state index in [9.17, 15) is 9.59 Å². The number of hydrogen-bond acceptors (Lipinski definition) is 3. The highest BCUT2D eigenvalue weighted by molar-refractivity contribution is 5.97. The first-order valence-electron chi connectivity index (χ1n) is 3.15. The number of carbonyl (C=O) groups is 2. The Bertz CT molecular complexity index is 133. The Kier molecular flexibility index (Phi) is 4.49. The van der Waals surface area contributed by atoms with Gasteiger partial charge in [-0.1, -0.05) is 6.92 Å². The van der Waals surface area contributed by atoms with E-state index in [1.807, 2.05) is 6.92 Å². The molecule has 58 valence electrons. The van der Waals surface area contributed by atoms with Crippen LogP contribution >= 0.6 is 0 Å². The molecule has 0 saturated heterocycles. The van der Waals surface area contributed by atoms with Crippen LogP contribution in [-0.4, -0.2) is 16.9 Å². The first-order chi connectivity index (χ1) is 4.70. The van der Waals surface area contributed by atoms with Gasteiger partial charge in [-0.05, 0) is 6.42 Å². The SMILES string of the molecule is CCCC(=O)CC(=O)NO. The van der Waals surface area contributed by atoms with E-state index in [1.165, 1.54) is 5.48 Å². The molecule has 0 aliphatic carbocycles. The molecule has 4 nitrogen and oxygen atoms in total. The van der Waals surface area contributed by atoms with Gasteiger partial charge in [0.25, 0.3) is 5.91 Å². The molecule has 1 amide bonds. The van der Waals surface area contributed by atoms with Crippen molar-refractivity contribution >= 4 is 11.7 Å². The van der Waals surface area contributed by atoms with Crippen LogP contribution in [0, 0.1) is 0 Å². The van der Waals surface area contributed by atoms with Gasteiger partial charge in [0.05, 0.1) is 6.42 Å².